The fourth-order valence-electron chi connectivity index (χ4n) is 2.51. The summed E-state index contributed by atoms with van der Waals surface area (Å²) in [6.07, 6.45) is 1.03. The topological polar surface area (TPSA) is 32.8 Å². The molecule has 1 amide bonds. The van der Waals surface area contributed by atoms with Gasteiger partial charge in [-0.3, -0.25) is 9.69 Å². The van der Waals surface area contributed by atoms with Gasteiger partial charge in [0.25, 0.3) is 0 Å². The van der Waals surface area contributed by atoms with Crippen molar-refractivity contribution >= 4 is 5.91 Å². The first-order chi connectivity index (χ1) is 7.68. The average molecular weight is 226 g/mol. The van der Waals surface area contributed by atoms with Crippen molar-refractivity contribution in [2.24, 2.45) is 11.8 Å². The van der Waals surface area contributed by atoms with Gasteiger partial charge in [0.15, 0.2) is 0 Å². The summed E-state index contributed by atoms with van der Waals surface area (Å²) >= 11 is 0. The van der Waals surface area contributed by atoms with Crippen LogP contribution in [0.1, 0.15) is 20.3 Å². The molecule has 92 valence electrons. The number of morpholine rings is 1. The average Bonchev–Trinajstić information content (AvgIpc) is 2.62. The second kappa shape index (κ2) is 5.15. The van der Waals surface area contributed by atoms with Gasteiger partial charge in [-0.1, -0.05) is 13.8 Å². The van der Waals surface area contributed by atoms with E-state index in [1.165, 1.54) is 0 Å². The number of nitrogens with zero attached hydrogens (tertiary/aromatic N) is 2. The van der Waals surface area contributed by atoms with Gasteiger partial charge in [0.2, 0.25) is 5.91 Å². The molecule has 1 atom stereocenters. The SMILES string of the molecule is CC(C)[C@@H]1CCN(CN2CCOCC2)C1=O. The summed E-state index contributed by atoms with van der Waals surface area (Å²) in [4.78, 5) is 16.4. The van der Waals surface area contributed by atoms with Gasteiger partial charge in [0.1, 0.15) is 0 Å². The molecular formula is C12H22N2O2. The quantitative estimate of drug-likeness (QED) is 0.713. The van der Waals surface area contributed by atoms with Crippen molar-refractivity contribution in [3.05, 3.63) is 0 Å². The lowest BCUT2D eigenvalue weighted by Crippen LogP contribution is -2.45. The molecule has 0 N–H and O–H groups in total. The van der Waals surface area contributed by atoms with Crippen molar-refractivity contribution in [3.8, 4) is 0 Å². The van der Waals surface area contributed by atoms with E-state index in [1.54, 1.807) is 0 Å². The highest BCUT2D eigenvalue weighted by Gasteiger charge is 2.34. The number of hydrogen-bond donors (Lipinski definition) is 0. The molecule has 0 bridgehead atoms. The van der Waals surface area contributed by atoms with Crippen LogP contribution in [0.3, 0.4) is 0 Å². The molecule has 0 saturated carbocycles. The number of ether oxygens (including phenoxy) is 1. The minimum Gasteiger partial charge on any atom is -0.379 e. The van der Waals surface area contributed by atoms with Crippen LogP contribution in [-0.4, -0.2) is 55.2 Å². The summed E-state index contributed by atoms with van der Waals surface area (Å²) in [6, 6.07) is 0. The standard InChI is InChI=1S/C12H22N2O2/c1-10(2)11-3-4-14(12(11)15)9-13-5-7-16-8-6-13/h10-11H,3-9H2,1-2H3/t11-/m0/s1. The maximum Gasteiger partial charge on any atom is 0.227 e. The molecule has 0 spiro atoms. The first kappa shape index (κ1) is 11.9. The molecule has 2 aliphatic rings. The summed E-state index contributed by atoms with van der Waals surface area (Å²) in [5.74, 6) is 1.07. The zero-order chi connectivity index (χ0) is 11.5. The Morgan fingerprint density at radius 1 is 1.31 bits per heavy atom. The Balaban J connectivity index is 1.84. The molecule has 0 radical (unpaired) electrons. The molecule has 0 aromatic rings. The summed E-state index contributed by atoms with van der Waals surface area (Å²) in [5.41, 5.74) is 0. The molecule has 0 aromatic carbocycles. The van der Waals surface area contributed by atoms with E-state index in [0.29, 0.717) is 11.8 Å². The molecule has 0 aromatic heterocycles. The molecular weight excluding hydrogens is 204 g/mol. The van der Waals surface area contributed by atoms with E-state index >= 15 is 0 Å². The third-order valence-electron chi connectivity index (χ3n) is 3.62. The lowest BCUT2D eigenvalue weighted by atomic mass is 9.95. The third kappa shape index (κ3) is 2.55. The highest BCUT2D eigenvalue weighted by atomic mass is 16.5. The van der Waals surface area contributed by atoms with Gasteiger partial charge in [-0.2, -0.15) is 0 Å². The molecule has 4 nitrogen and oxygen atoms in total. The molecule has 16 heavy (non-hydrogen) atoms. The Morgan fingerprint density at radius 3 is 2.56 bits per heavy atom. The van der Waals surface area contributed by atoms with Crippen molar-refractivity contribution < 1.29 is 9.53 Å². The van der Waals surface area contributed by atoms with Crippen LogP contribution in [0.15, 0.2) is 0 Å². The Morgan fingerprint density at radius 2 is 2.00 bits per heavy atom. The molecule has 0 aliphatic carbocycles. The van der Waals surface area contributed by atoms with Crippen molar-refractivity contribution in [1.29, 1.82) is 0 Å². The van der Waals surface area contributed by atoms with Crippen molar-refractivity contribution in [1.82, 2.24) is 9.80 Å². The smallest absolute Gasteiger partial charge is 0.227 e. The fraction of sp³-hybridized carbons (Fsp3) is 0.917. The second-order valence-electron chi connectivity index (χ2n) is 5.11. The molecule has 2 rings (SSSR count). The van der Waals surface area contributed by atoms with Crippen LogP contribution < -0.4 is 0 Å². The normalized spacial score (nSPS) is 28.1. The molecule has 0 unspecified atom stereocenters. The predicted octanol–water partition coefficient (Wildman–Crippen LogP) is 0.781. The van der Waals surface area contributed by atoms with Crippen LogP contribution >= 0.6 is 0 Å². The molecule has 4 heteroatoms. The van der Waals surface area contributed by atoms with Crippen LogP contribution in [0.4, 0.5) is 0 Å². The summed E-state index contributed by atoms with van der Waals surface area (Å²) in [7, 11) is 0. The third-order valence-corrected chi connectivity index (χ3v) is 3.62. The Hall–Kier alpha value is -0.610. The fourth-order valence-corrected chi connectivity index (χ4v) is 2.51. The van der Waals surface area contributed by atoms with Gasteiger partial charge in [0.05, 0.1) is 19.9 Å². The van der Waals surface area contributed by atoms with Crippen LogP contribution in [0.25, 0.3) is 0 Å². The number of carbonyl (C=O) groups is 1. The first-order valence-electron chi connectivity index (χ1n) is 6.27. The van der Waals surface area contributed by atoms with Gasteiger partial charge >= 0.3 is 0 Å². The number of rotatable bonds is 3. The summed E-state index contributed by atoms with van der Waals surface area (Å²) in [6.45, 7) is 9.52. The van der Waals surface area contributed by atoms with Gasteiger partial charge in [-0.25, -0.2) is 0 Å². The number of amides is 1. The lowest BCUT2D eigenvalue weighted by molar-refractivity contribution is -0.134. The van der Waals surface area contributed by atoms with E-state index < -0.39 is 0 Å². The monoisotopic (exact) mass is 226 g/mol. The number of likely N-dealkylation sites (tertiary alicyclic amines) is 1. The van der Waals surface area contributed by atoms with Crippen LogP contribution in [0.2, 0.25) is 0 Å². The maximum atomic E-state index is 12.1. The van der Waals surface area contributed by atoms with Crippen LogP contribution in [0, 0.1) is 11.8 Å². The van der Waals surface area contributed by atoms with Gasteiger partial charge in [-0.05, 0) is 12.3 Å². The van der Waals surface area contributed by atoms with E-state index in [1.807, 2.05) is 4.90 Å². The lowest BCUT2D eigenvalue weighted by Gasteiger charge is -2.31. The summed E-state index contributed by atoms with van der Waals surface area (Å²) in [5, 5.41) is 0. The van der Waals surface area contributed by atoms with E-state index in [4.69, 9.17) is 4.74 Å². The maximum absolute atomic E-state index is 12.1. The Labute approximate surface area is 97.5 Å². The zero-order valence-corrected chi connectivity index (χ0v) is 10.3. The van der Waals surface area contributed by atoms with E-state index in [-0.39, 0.29) is 5.92 Å². The number of carbonyl (C=O) groups excluding carboxylic acids is 1. The predicted molar refractivity (Wildman–Crippen MR) is 61.9 cm³/mol. The largest absolute Gasteiger partial charge is 0.379 e. The van der Waals surface area contributed by atoms with Gasteiger partial charge in [-0.15, -0.1) is 0 Å². The Bertz CT molecular complexity index is 249. The zero-order valence-electron chi connectivity index (χ0n) is 10.3. The van der Waals surface area contributed by atoms with E-state index in [0.717, 1.165) is 45.9 Å². The highest BCUT2D eigenvalue weighted by Crippen LogP contribution is 2.25. The molecule has 2 saturated heterocycles. The second-order valence-corrected chi connectivity index (χ2v) is 5.11. The molecule has 2 heterocycles. The summed E-state index contributed by atoms with van der Waals surface area (Å²) < 4.78 is 5.31. The molecule has 2 fully saturated rings. The van der Waals surface area contributed by atoms with Crippen LogP contribution in [0.5, 0.6) is 0 Å². The van der Waals surface area contributed by atoms with Crippen LogP contribution in [-0.2, 0) is 9.53 Å². The van der Waals surface area contributed by atoms with Crippen molar-refractivity contribution in [2.75, 3.05) is 39.5 Å². The van der Waals surface area contributed by atoms with Crippen molar-refractivity contribution in [3.63, 3.8) is 0 Å². The minimum atomic E-state index is 0.251. The number of hydrogen-bond acceptors (Lipinski definition) is 3. The highest BCUT2D eigenvalue weighted by molar-refractivity contribution is 5.81. The van der Waals surface area contributed by atoms with Gasteiger partial charge in [0, 0.05) is 25.6 Å². The minimum absolute atomic E-state index is 0.251. The van der Waals surface area contributed by atoms with E-state index in [9.17, 15) is 4.79 Å². The van der Waals surface area contributed by atoms with Crippen molar-refractivity contribution in [2.45, 2.75) is 20.3 Å². The first-order valence-corrected chi connectivity index (χ1v) is 6.27. The van der Waals surface area contributed by atoms with Gasteiger partial charge < -0.3 is 9.64 Å². The molecule has 2 aliphatic heterocycles. The van der Waals surface area contributed by atoms with E-state index in [2.05, 4.69) is 18.7 Å². The Kier molecular flexibility index (Phi) is 3.82.